The van der Waals surface area contributed by atoms with Gasteiger partial charge in [0.05, 0.1) is 50.0 Å². The normalized spacial score (nSPS) is 47.9. The molecule has 10 aliphatic rings. The number of cyclic esters (lactones) is 1. The lowest BCUT2D eigenvalue weighted by atomic mass is 9.41. The van der Waals surface area contributed by atoms with Crippen molar-refractivity contribution in [2.75, 3.05) is 33.5 Å². The van der Waals surface area contributed by atoms with Crippen molar-refractivity contribution in [3.05, 3.63) is 11.6 Å². The van der Waals surface area contributed by atoms with E-state index in [0.29, 0.717) is 44.4 Å². The van der Waals surface area contributed by atoms with Crippen LogP contribution in [0.25, 0.3) is 0 Å². The number of allylic oxidation sites excluding steroid dienone is 2. The SMILES string of the molecule is COC1C(O)C(COS(=O)(=O)O)OC(OC2C(O)C(COS(=O)(=O)O)OC(OC3C(C)OC(OC4C(OC5CCC6(C)C7CCC89C(=O)OC(C)(CCCC(C)C)C8C(=O)CC9(C)C7=CCC6C5(C)C)OCC(OS(=O)(=O)O)C4O)C(OC4OCC(O)C(O)C4O)C3O)C2O)C1O. The Balaban J connectivity index is 0.920. The molecule has 38 heteroatoms. The van der Waals surface area contributed by atoms with Gasteiger partial charge in [0.15, 0.2) is 31.5 Å². The Kier molecular flexibility index (Phi) is 22.8. The maximum atomic E-state index is 14.5. The number of rotatable bonds is 23. The van der Waals surface area contributed by atoms with E-state index in [1.165, 1.54) is 6.92 Å². The monoisotopic (exact) mass is 1460 g/mol. The predicted molar refractivity (Wildman–Crippen MR) is 319 cm³/mol. The first-order valence-electron chi connectivity index (χ1n) is 32.5. The highest BCUT2D eigenvalue weighted by atomic mass is 32.3. The zero-order valence-electron chi connectivity index (χ0n) is 54.9. The molecule has 10 rings (SSSR count). The summed E-state index contributed by atoms with van der Waals surface area (Å²) >= 11 is 0. The molecule has 3 saturated carbocycles. The van der Waals surface area contributed by atoms with E-state index in [4.69, 9.17) is 61.0 Å². The van der Waals surface area contributed by atoms with Crippen molar-refractivity contribution in [2.45, 2.75) is 266 Å². The number of Topliss-reactive ketones (excluding diaryl/α,β-unsaturated/α-hetero) is 1. The molecule has 9 fully saturated rings. The first kappa shape index (κ1) is 77.3. The van der Waals surface area contributed by atoms with Crippen molar-refractivity contribution >= 4 is 42.9 Å². The van der Waals surface area contributed by atoms with E-state index < -0.39 is 238 Å². The van der Waals surface area contributed by atoms with Crippen LogP contribution in [0.2, 0.25) is 0 Å². The number of methoxy groups -OCH3 is 1. The molecular weight excluding hydrogens is 1360 g/mol. The van der Waals surface area contributed by atoms with Crippen LogP contribution in [-0.2, 0) is 110 Å². The van der Waals surface area contributed by atoms with E-state index in [9.17, 15) is 94.5 Å². The molecule has 31 unspecified atom stereocenters. The van der Waals surface area contributed by atoms with Crippen molar-refractivity contribution in [1.29, 1.82) is 0 Å². The van der Waals surface area contributed by atoms with Gasteiger partial charge in [-0.1, -0.05) is 59.6 Å². The number of ether oxygens (including phenoxy) is 12. The molecule has 0 aromatic carbocycles. The van der Waals surface area contributed by atoms with Crippen LogP contribution in [0, 0.1) is 45.3 Å². The number of carbonyl (C=O) groups excluding carboxylic acids is 2. The maximum absolute atomic E-state index is 14.5. The molecule has 1 spiro atoms. The summed E-state index contributed by atoms with van der Waals surface area (Å²) in [5.74, 6) is -0.663. The molecule has 0 amide bonds. The third-order valence-electron chi connectivity index (χ3n) is 22.4. The van der Waals surface area contributed by atoms with Gasteiger partial charge in [-0.2, -0.15) is 25.3 Å². The molecule has 0 bridgehead atoms. The van der Waals surface area contributed by atoms with Crippen LogP contribution in [0.5, 0.6) is 0 Å². The predicted octanol–water partition coefficient (Wildman–Crippen LogP) is -2.18. The van der Waals surface area contributed by atoms with Crippen molar-refractivity contribution in [3.63, 3.8) is 0 Å². The summed E-state index contributed by atoms with van der Waals surface area (Å²) in [5, 5.41) is 103. The molecule has 6 saturated heterocycles. The largest absolute Gasteiger partial charge is 0.458 e. The van der Waals surface area contributed by atoms with Gasteiger partial charge in [-0.15, -0.1) is 0 Å². The van der Waals surface area contributed by atoms with Crippen molar-refractivity contribution in [2.24, 2.45) is 45.3 Å². The molecule has 35 nitrogen and oxygen atoms in total. The standard InChI is InChI=1S/C59H94O35S3/c1-24(2)11-10-16-58(8)48-28(60)19-57(7)27-12-13-33-55(4,5)34(15-17-56(33,6)26(27)14-18-59(48,57)54(70)93-58)88-52-46(38(65)32(21-82-52)94-97(77,78)79)92-53-47(91-49-39(66)35(62)29(61)20-81-49)40(67)43(25(3)85-53)89-51-42(69)45(37(64)31(87-51)23-84-96(74,75)76)90-50-41(68)44(80-9)36(63)30(86-50)22-83-95(71,72)73/h12,24-26,29-53,61-69H,10-11,13-23H2,1-9H3,(H,71,72,73)(H,74,75,76)(H,77,78,79). The maximum Gasteiger partial charge on any atom is 0.397 e. The van der Waals surface area contributed by atoms with Gasteiger partial charge in [-0.25, -0.2) is 12.5 Å². The Morgan fingerprint density at radius 3 is 1.77 bits per heavy atom. The Hall–Kier alpha value is -2.31. The molecule has 6 heterocycles. The minimum atomic E-state index is -5.34. The van der Waals surface area contributed by atoms with Gasteiger partial charge in [0.1, 0.15) is 115 Å². The van der Waals surface area contributed by atoms with Gasteiger partial charge in [0, 0.05) is 18.9 Å². The summed E-state index contributed by atoms with van der Waals surface area (Å²) in [6.07, 6.45) is -39.5. The highest BCUT2D eigenvalue weighted by Crippen LogP contribution is 2.75. The van der Waals surface area contributed by atoms with E-state index in [1.807, 2.05) is 20.8 Å². The van der Waals surface area contributed by atoms with Gasteiger partial charge in [0.2, 0.25) is 0 Å². The number of aliphatic hydroxyl groups excluding tert-OH is 9. The van der Waals surface area contributed by atoms with E-state index in [-0.39, 0.29) is 30.0 Å². The van der Waals surface area contributed by atoms with E-state index in [0.717, 1.165) is 25.5 Å². The third-order valence-corrected chi connectivity index (χ3v) is 23.8. The Bertz CT molecular complexity index is 3200. The number of hydrogen-bond donors (Lipinski definition) is 12. The number of ketones is 1. The Labute approximate surface area is 561 Å². The molecule has 4 aliphatic carbocycles. The van der Waals surface area contributed by atoms with Crippen LogP contribution in [0.1, 0.15) is 113 Å². The quantitative estimate of drug-likeness (QED) is 0.0294. The third kappa shape index (κ3) is 14.9. The second kappa shape index (κ2) is 28.6. The first-order chi connectivity index (χ1) is 45.0. The summed E-state index contributed by atoms with van der Waals surface area (Å²) in [4.78, 5) is 29.0. The molecule has 0 radical (unpaired) electrons. The molecule has 0 aromatic heterocycles. The van der Waals surface area contributed by atoms with Crippen LogP contribution in [0.4, 0.5) is 0 Å². The number of hydrogen-bond acceptors (Lipinski definition) is 32. The fourth-order valence-electron chi connectivity index (χ4n) is 17.6. The molecule has 97 heavy (non-hydrogen) atoms. The van der Waals surface area contributed by atoms with Gasteiger partial charge in [-0.3, -0.25) is 23.2 Å². The summed E-state index contributed by atoms with van der Waals surface area (Å²) < 4.78 is 186. The van der Waals surface area contributed by atoms with Crippen LogP contribution in [0.15, 0.2) is 11.6 Å². The van der Waals surface area contributed by atoms with Crippen LogP contribution in [0.3, 0.4) is 0 Å². The van der Waals surface area contributed by atoms with Gasteiger partial charge >= 0.3 is 37.2 Å². The van der Waals surface area contributed by atoms with E-state index in [2.05, 4.69) is 42.1 Å². The minimum Gasteiger partial charge on any atom is -0.458 e. The smallest absolute Gasteiger partial charge is 0.397 e. The fraction of sp³-hybridized carbons (Fsp3) is 0.932. The molecular formula is C59H94O35S3. The minimum absolute atomic E-state index is 0.0281. The average Bonchev–Trinajstić information content (AvgIpc) is 1.52. The second-order valence-corrected chi connectivity index (χ2v) is 32.4. The van der Waals surface area contributed by atoms with Crippen molar-refractivity contribution < 1.29 is 164 Å². The summed E-state index contributed by atoms with van der Waals surface area (Å²) in [6, 6.07) is 0. The lowest BCUT2D eigenvalue weighted by Gasteiger charge is -2.63. The highest BCUT2D eigenvalue weighted by molar-refractivity contribution is 7.81. The summed E-state index contributed by atoms with van der Waals surface area (Å²) in [7, 11) is -14.8. The van der Waals surface area contributed by atoms with Crippen LogP contribution in [-0.4, -0.2) is 283 Å². The zero-order valence-corrected chi connectivity index (χ0v) is 57.4. The van der Waals surface area contributed by atoms with Gasteiger partial charge in [0.25, 0.3) is 0 Å². The molecule has 6 aliphatic heterocycles. The molecule has 0 aromatic rings. The van der Waals surface area contributed by atoms with Gasteiger partial charge in [-0.05, 0) is 87.4 Å². The molecule has 12 N–H and O–H groups in total. The molecule has 31 atom stereocenters. The topological polar surface area (TPSA) is 518 Å². The number of carbonyl (C=O) groups is 2. The highest BCUT2D eigenvalue weighted by Gasteiger charge is 2.79. The number of fused-ring (bicyclic) bond motifs is 4. The van der Waals surface area contributed by atoms with Crippen LogP contribution >= 0.6 is 0 Å². The second-order valence-electron chi connectivity index (χ2n) is 29.2. The lowest BCUT2D eigenvalue weighted by molar-refractivity contribution is -0.403. The average molecular weight is 1460 g/mol. The Morgan fingerprint density at radius 2 is 1.18 bits per heavy atom. The molecule has 558 valence electrons. The van der Waals surface area contributed by atoms with Crippen molar-refractivity contribution in [3.8, 4) is 0 Å². The van der Waals surface area contributed by atoms with E-state index >= 15 is 0 Å². The first-order valence-corrected chi connectivity index (χ1v) is 36.6. The fourth-order valence-corrected chi connectivity index (χ4v) is 18.7. The zero-order chi connectivity index (χ0) is 71.4. The number of aliphatic hydroxyl groups is 9. The van der Waals surface area contributed by atoms with Crippen molar-refractivity contribution in [1.82, 2.24) is 0 Å². The lowest BCUT2D eigenvalue weighted by Crippen LogP contribution is -2.68. The van der Waals surface area contributed by atoms with Gasteiger partial charge < -0.3 is 103 Å². The summed E-state index contributed by atoms with van der Waals surface area (Å²) in [5.41, 5.74) is -2.91. The van der Waals surface area contributed by atoms with Crippen LogP contribution < -0.4 is 0 Å². The van der Waals surface area contributed by atoms with E-state index in [1.54, 1.807) is 0 Å². The summed E-state index contributed by atoms with van der Waals surface area (Å²) in [6.45, 7) is 11.9. The number of esters is 1. The Morgan fingerprint density at radius 1 is 0.608 bits per heavy atom.